The minimum absolute atomic E-state index is 0.160. The second-order valence-electron chi connectivity index (χ2n) is 10.5. The Morgan fingerprint density at radius 1 is 1.07 bits per heavy atom. The van der Waals surface area contributed by atoms with Gasteiger partial charge < -0.3 is 15.1 Å². The smallest absolute Gasteiger partial charge is 0.224 e. The van der Waals surface area contributed by atoms with Crippen molar-refractivity contribution in [2.45, 2.75) is 51.0 Å². The SMILES string of the molecule is CC1CC2NC(N3CCN(C[C@@H]4CCCN(C)C4)CC3)N3CCNC(=O)C(C1)C23. The molecule has 5 rings (SSSR count). The Morgan fingerprint density at radius 3 is 2.69 bits per heavy atom. The summed E-state index contributed by atoms with van der Waals surface area (Å²) in [7, 11) is 2.27. The molecule has 2 N–H and O–H groups in total. The highest BCUT2D eigenvalue weighted by molar-refractivity contribution is 5.80. The third-order valence-electron chi connectivity index (χ3n) is 8.19. The molecule has 0 aromatic carbocycles. The number of likely N-dealkylation sites (tertiary alicyclic amines) is 1. The molecule has 0 aromatic heterocycles. The number of nitrogens with one attached hydrogen (secondary N) is 2. The maximum Gasteiger partial charge on any atom is 0.224 e. The molecule has 29 heavy (non-hydrogen) atoms. The lowest BCUT2D eigenvalue weighted by Gasteiger charge is -2.43. The summed E-state index contributed by atoms with van der Waals surface area (Å²) in [4.78, 5) is 23.1. The number of piperidine rings is 1. The minimum Gasteiger partial charge on any atom is -0.355 e. The lowest BCUT2D eigenvalue weighted by atomic mass is 9.75. The molecule has 7 nitrogen and oxygen atoms in total. The largest absolute Gasteiger partial charge is 0.355 e. The second-order valence-corrected chi connectivity index (χ2v) is 10.5. The first kappa shape index (κ1) is 20.2. The van der Waals surface area contributed by atoms with Crippen LogP contribution in [0.25, 0.3) is 0 Å². The third kappa shape index (κ3) is 4.09. The zero-order chi connectivity index (χ0) is 20.0. The van der Waals surface area contributed by atoms with E-state index in [0.29, 0.717) is 30.2 Å². The van der Waals surface area contributed by atoms with Crippen molar-refractivity contribution in [3.05, 3.63) is 0 Å². The first-order chi connectivity index (χ1) is 14.1. The number of piperazine rings is 1. The van der Waals surface area contributed by atoms with Crippen molar-refractivity contribution in [3.63, 3.8) is 0 Å². The molecule has 4 saturated heterocycles. The van der Waals surface area contributed by atoms with Gasteiger partial charge in [0.05, 0.1) is 5.92 Å². The first-order valence-corrected chi connectivity index (χ1v) is 12.0. The summed E-state index contributed by atoms with van der Waals surface area (Å²) in [5, 5.41) is 7.15. The van der Waals surface area contributed by atoms with E-state index >= 15 is 0 Å². The molecule has 4 heterocycles. The number of hydrogen-bond acceptors (Lipinski definition) is 6. The Labute approximate surface area is 176 Å². The molecule has 4 aliphatic heterocycles. The van der Waals surface area contributed by atoms with Crippen molar-refractivity contribution in [1.29, 1.82) is 0 Å². The van der Waals surface area contributed by atoms with Crippen LogP contribution in [0.3, 0.4) is 0 Å². The van der Waals surface area contributed by atoms with Crippen LogP contribution < -0.4 is 10.6 Å². The molecule has 5 fully saturated rings. The Kier molecular flexibility index (Phi) is 5.86. The number of amides is 1. The van der Waals surface area contributed by atoms with Crippen LogP contribution in [0.15, 0.2) is 0 Å². The van der Waals surface area contributed by atoms with E-state index in [1.807, 2.05) is 0 Å². The number of rotatable bonds is 3. The average molecular weight is 405 g/mol. The van der Waals surface area contributed by atoms with Gasteiger partial charge in [0, 0.05) is 64.4 Å². The molecule has 0 spiro atoms. The van der Waals surface area contributed by atoms with Crippen molar-refractivity contribution in [2.75, 3.05) is 66.0 Å². The van der Waals surface area contributed by atoms with Crippen LogP contribution in [-0.4, -0.2) is 110 Å². The summed E-state index contributed by atoms with van der Waals surface area (Å²) < 4.78 is 0. The van der Waals surface area contributed by atoms with E-state index in [9.17, 15) is 4.79 Å². The minimum atomic E-state index is 0.160. The number of carbonyl (C=O) groups is 1. The highest BCUT2D eigenvalue weighted by Gasteiger charge is 2.52. The zero-order valence-electron chi connectivity index (χ0n) is 18.4. The molecular formula is C22H40N6O. The number of carbonyl (C=O) groups excluding carboxylic acids is 1. The van der Waals surface area contributed by atoms with Crippen molar-refractivity contribution < 1.29 is 4.79 Å². The van der Waals surface area contributed by atoms with E-state index < -0.39 is 0 Å². The van der Waals surface area contributed by atoms with E-state index in [1.54, 1.807) is 0 Å². The van der Waals surface area contributed by atoms with Gasteiger partial charge in [-0.05, 0) is 51.1 Å². The molecule has 5 unspecified atom stereocenters. The lowest BCUT2D eigenvalue weighted by Crippen LogP contribution is -2.59. The van der Waals surface area contributed by atoms with Gasteiger partial charge in [-0.3, -0.25) is 19.9 Å². The molecule has 6 atom stereocenters. The fourth-order valence-electron chi connectivity index (χ4n) is 6.87. The van der Waals surface area contributed by atoms with E-state index in [1.165, 1.54) is 52.0 Å². The van der Waals surface area contributed by atoms with Gasteiger partial charge >= 0.3 is 0 Å². The van der Waals surface area contributed by atoms with E-state index in [4.69, 9.17) is 0 Å². The molecule has 7 heteroatoms. The topological polar surface area (TPSA) is 54.1 Å². The molecule has 0 radical (unpaired) electrons. The van der Waals surface area contributed by atoms with Crippen molar-refractivity contribution in [2.24, 2.45) is 17.8 Å². The molecule has 5 aliphatic rings. The third-order valence-corrected chi connectivity index (χ3v) is 8.19. The van der Waals surface area contributed by atoms with E-state index in [2.05, 4.69) is 44.2 Å². The monoisotopic (exact) mass is 404 g/mol. The van der Waals surface area contributed by atoms with Gasteiger partial charge in [-0.25, -0.2) is 0 Å². The highest BCUT2D eigenvalue weighted by atomic mass is 16.2. The van der Waals surface area contributed by atoms with Gasteiger partial charge in [-0.1, -0.05) is 6.92 Å². The molecule has 0 bridgehead atoms. The van der Waals surface area contributed by atoms with Gasteiger partial charge in [0.2, 0.25) is 5.91 Å². The van der Waals surface area contributed by atoms with Gasteiger partial charge in [0.1, 0.15) is 6.29 Å². The lowest BCUT2D eigenvalue weighted by molar-refractivity contribution is -0.127. The second kappa shape index (κ2) is 8.42. The summed E-state index contributed by atoms with van der Waals surface area (Å²) in [6, 6.07) is 0.850. The molecular weight excluding hydrogens is 364 g/mol. The van der Waals surface area contributed by atoms with Crippen LogP contribution in [0.4, 0.5) is 0 Å². The summed E-state index contributed by atoms with van der Waals surface area (Å²) in [6.45, 7) is 12.5. The van der Waals surface area contributed by atoms with Gasteiger partial charge in [0.25, 0.3) is 0 Å². The number of hydrogen-bond donors (Lipinski definition) is 2. The van der Waals surface area contributed by atoms with Crippen LogP contribution in [0.5, 0.6) is 0 Å². The Balaban J connectivity index is 1.20. The van der Waals surface area contributed by atoms with Crippen LogP contribution in [0.1, 0.15) is 32.6 Å². The van der Waals surface area contributed by atoms with E-state index in [-0.39, 0.29) is 5.92 Å². The summed E-state index contributed by atoms with van der Waals surface area (Å²) in [6.07, 6.45) is 5.32. The maximum absolute atomic E-state index is 12.7. The van der Waals surface area contributed by atoms with Gasteiger partial charge in [-0.15, -0.1) is 0 Å². The molecule has 1 aliphatic carbocycles. The Hall–Kier alpha value is -0.730. The zero-order valence-corrected chi connectivity index (χ0v) is 18.4. The fourth-order valence-corrected chi connectivity index (χ4v) is 6.87. The molecule has 164 valence electrons. The predicted octanol–water partition coefficient (Wildman–Crippen LogP) is 0.0477. The van der Waals surface area contributed by atoms with Crippen molar-refractivity contribution >= 4 is 5.91 Å². The molecule has 1 saturated carbocycles. The molecule has 1 amide bonds. The van der Waals surface area contributed by atoms with Crippen LogP contribution >= 0.6 is 0 Å². The van der Waals surface area contributed by atoms with Gasteiger partial charge in [-0.2, -0.15) is 0 Å². The average Bonchev–Trinajstić information content (AvgIpc) is 2.97. The van der Waals surface area contributed by atoms with Gasteiger partial charge in [0.15, 0.2) is 0 Å². The fraction of sp³-hybridized carbons (Fsp3) is 0.955. The summed E-state index contributed by atoms with van der Waals surface area (Å²) >= 11 is 0. The highest BCUT2D eigenvalue weighted by Crippen LogP contribution is 2.38. The van der Waals surface area contributed by atoms with Crippen molar-refractivity contribution in [3.8, 4) is 0 Å². The van der Waals surface area contributed by atoms with Crippen LogP contribution in [0, 0.1) is 17.8 Å². The summed E-state index contributed by atoms with van der Waals surface area (Å²) in [5.41, 5.74) is 0. The van der Waals surface area contributed by atoms with Crippen molar-refractivity contribution in [1.82, 2.24) is 30.2 Å². The normalized spacial score (nSPS) is 43.0. The van der Waals surface area contributed by atoms with E-state index in [0.717, 1.165) is 38.5 Å². The predicted molar refractivity (Wildman–Crippen MR) is 114 cm³/mol. The Bertz CT molecular complexity index is 594. The quantitative estimate of drug-likeness (QED) is 0.693. The summed E-state index contributed by atoms with van der Waals surface area (Å²) in [5.74, 6) is 1.92. The first-order valence-electron chi connectivity index (χ1n) is 12.0. The van der Waals surface area contributed by atoms with Crippen LogP contribution in [0.2, 0.25) is 0 Å². The molecule has 0 aromatic rings. The maximum atomic E-state index is 12.7. The number of nitrogens with zero attached hydrogens (tertiary/aromatic N) is 4. The Morgan fingerprint density at radius 2 is 1.90 bits per heavy atom. The standard InChI is InChI=1S/C22H40N6O/c1-16-12-18-20-19(13-16)24-22(28(20)7-5-23-21(18)29)27-10-8-26(9-11-27)15-17-4-3-6-25(2)14-17/h16-20,22,24H,3-15H2,1-2H3,(H,23,29)/t16?,17-,18?,19?,20?,22?/m1/s1. The van der Waals surface area contributed by atoms with Crippen LogP contribution in [-0.2, 0) is 4.79 Å².